The van der Waals surface area contributed by atoms with Gasteiger partial charge in [-0.3, -0.25) is 9.97 Å². The van der Waals surface area contributed by atoms with Gasteiger partial charge in [0.2, 0.25) is 0 Å². The van der Waals surface area contributed by atoms with Crippen molar-refractivity contribution < 1.29 is 0 Å². The second-order valence-corrected chi connectivity index (χ2v) is 9.04. The van der Waals surface area contributed by atoms with E-state index in [0.29, 0.717) is 16.7 Å². The van der Waals surface area contributed by atoms with Gasteiger partial charge in [0.1, 0.15) is 0 Å². The Balaban J connectivity index is 1.62. The van der Waals surface area contributed by atoms with E-state index in [2.05, 4.69) is 50.7 Å². The SMILES string of the molecule is Cc1cc([C@@H]2[C@@H](c3ccccn3)NC(=S)N2Cc2ccccn2)c(C)n1-c1cccc(Cl)c1. The fourth-order valence-corrected chi connectivity index (χ4v) is 5.17. The minimum absolute atomic E-state index is 0.0338. The highest BCUT2D eigenvalue weighted by atomic mass is 35.5. The maximum absolute atomic E-state index is 6.31. The molecule has 1 aromatic carbocycles. The highest BCUT2D eigenvalue weighted by Crippen LogP contribution is 2.42. The van der Waals surface area contributed by atoms with Gasteiger partial charge in [0.05, 0.1) is 30.0 Å². The monoisotopic (exact) mass is 473 g/mol. The van der Waals surface area contributed by atoms with Gasteiger partial charge in [-0.1, -0.05) is 29.8 Å². The Kier molecular flexibility index (Phi) is 5.87. The predicted octanol–water partition coefficient (Wildman–Crippen LogP) is 5.71. The maximum Gasteiger partial charge on any atom is 0.170 e. The molecule has 7 heteroatoms. The van der Waals surface area contributed by atoms with Crippen LogP contribution in [0.2, 0.25) is 5.02 Å². The molecule has 1 N–H and O–H groups in total. The molecule has 3 aromatic heterocycles. The van der Waals surface area contributed by atoms with Crippen molar-refractivity contribution in [2.45, 2.75) is 32.5 Å². The third-order valence-corrected chi connectivity index (χ3v) is 6.70. The van der Waals surface area contributed by atoms with E-state index in [-0.39, 0.29) is 12.1 Å². The van der Waals surface area contributed by atoms with Gasteiger partial charge < -0.3 is 14.8 Å². The van der Waals surface area contributed by atoms with Crippen molar-refractivity contribution in [1.29, 1.82) is 0 Å². The summed E-state index contributed by atoms with van der Waals surface area (Å²) in [7, 11) is 0. The number of pyridine rings is 2. The number of aromatic nitrogens is 3. The van der Waals surface area contributed by atoms with Crippen molar-refractivity contribution in [3.8, 4) is 5.69 Å². The van der Waals surface area contributed by atoms with Crippen molar-refractivity contribution in [3.05, 3.63) is 112 Å². The molecule has 4 heterocycles. The molecule has 1 aliphatic heterocycles. The Hall–Kier alpha value is -3.22. The standard InChI is InChI=1S/C26H24ClN5S/c1-17-14-22(18(2)32(17)21-10-7-8-19(27)15-21)25-24(23-11-4-6-13-29-23)30-26(33)31(25)16-20-9-3-5-12-28-20/h3-15,24-25H,16H2,1-2H3,(H,30,33)/t24-,25-/m1/s1. The fraction of sp³-hybridized carbons (Fsp3) is 0.192. The molecule has 0 amide bonds. The van der Waals surface area contributed by atoms with Crippen LogP contribution in [0.1, 0.15) is 40.4 Å². The van der Waals surface area contributed by atoms with Gasteiger partial charge in [0, 0.05) is 34.5 Å². The minimum atomic E-state index is -0.0734. The van der Waals surface area contributed by atoms with Crippen LogP contribution in [0, 0.1) is 13.8 Å². The third kappa shape index (κ3) is 4.12. The van der Waals surface area contributed by atoms with Gasteiger partial charge in [-0.25, -0.2) is 0 Å². The summed E-state index contributed by atoms with van der Waals surface area (Å²) < 4.78 is 2.25. The Labute approximate surface area is 204 Å². The van der Waals surface area contributed by atoms with Crippen LogP contribution in [-0.4, -0.2) is 24.5 Å². The van der Waals surface area contributed by atoms with Crippen LogP contribution in [0.5, 0.6) is 0 Å². The molecule has 0 radical (unpaired) electrons. The molecule has 33 heavy (non-hydrogen) atoms. The molecule has 0 aliphatic carbocycles. The summed E-state index contributed by atoms with van der Waals surface area (Å²) in [5.74, 6) is 0. The van der Waals surface area contributed by atoms with E-state index in [0.717, 1.165) is 28.5 Å². The van der Waals surface area contributed by atoms with Crippen LogP contribution in [0.15, 0.2) is 79.1 Å². The van der Waals surface area contributed by atoms with Crippen LogP contribution < -0.4 is 5.32 Å². The summed E-state index contributed by atoms with van der Waals surface area (Å²) >= 11 is 12.1. The van der Waals surface area contributed by atoms with Gasteiger partial charge in [0.15, 0.2) is 5.11 Å². The van der Waals surface area contributed by atoms with E-state index in [4.69, 9.17) is 23.8 Å². The van der Waals surface area contributed by atoms with Gasteiger partial charge in [-0.2, -0.15) is 0 Å². The first-order valence-corrected chi connectivity index (χ1v) is 11.6. The second-order valence-electron chi connectivity index (χ2n) is 8.22. The van der Waals surface area contributed by atoms with E-state index in [9.17, 15) is 0 Å². The summed E-state index contributed by atoms with van der Waals surface area (Å²) in [6, 6.07) is 22.0. The van der Waals surface area contributed by atoms with Crippen molar-refractivity contribution in [1.82, 2.24) is 24.8 Å². The average Bonchev–Trinajstić information content (AvgIpc) is 3.30. The van der Waals surface area contributed by atoms with E-state index >= 15 is 0 Å². The molecule has 0 unspecified atom stereocenters. The first-order valence-electron chi connectivity index (χ1n) is 10.9. The molecular formula is C26H24ClN5S. The van der Waals surface area contributed by atoms with Crippen molar-refractivity contribution >= 4 is 28.9 Å². The number of benzene rings is 1. The van der Waals surface area contributed by atoms with Gasteiger partial charge in [0.25, 0.3) is 0 Å². The maximum atomic E-state index is 6.31. The zero-order valence-corrected chi connectivity index (χ0v) is 20.0. The Morgan fingerprint density at radius 3 is 2.45 bits per heavy atom. The molecule has 166 valence electrons. The Morgan fingerprint density at radius 1 is 0.970 bits per heavy atom. The largest absolute Gasteiger partial charge is 0.352 e. The summed E-state index contributed by atoms with van der Waals surface area (Å²) in [6.45, 7) is 4.89. The van der Waals surface area contributed by atoms with Gasteiger partial charge >= 0.3 is 0 Å². The molecule has 1 saturated heterocycles. The predicted molar refractivity (Wildman–Crippen MR) is 135 cm³/mol. The number of hydrogen-bond donors (Lipinski definition) is 1. The molecular weight excluding hydrogens is 450 g/mol. The number of thiocarbonyl (C=S) groups is 1. The van der Waals surface area contributed by atoms with Crippen molar-refractivity contribution in [2.24, 2.45) is 0 Å². The number of rotatable bonds is 5. The lowest BCUT2D eigenvalue weighted by atomic mass is 9.96. The van der Waals surface area contributed by atoms with Crippen molar-refractivity contribution in [2.75, 3.05) is 0 Å². The molecule has 0 saturated carbocycles. The fourth-order valence-electron chi connectivity index (χ4n) is 4.68. The average molecular weight is 474 g/mol. The summed E-state index contributed by atoms with van der Waals surface area (Å²) in [6.07, 6.45) is 3.64. The first-order chi connectivity index (χ1) is 16.0. The molecule has 4 aromatic rings. The molecule has 1 fully saturated rings. The number of hydrogen-bond acceptors (Lipinski definition) is 3. The van der Waals surface area contributed by atoms with E-state index in [1.807, 2.05) is 67.0 Å². The van der Waals surface area contributed by atoms with Crippen LogP contribution in [0.25, 0.3) is 5.69 Å². The van der Waals surface area contributed by atoms with Crippen LogP contribution in [0.3, 0.4) is 0 Å². The van der Waals surface area contributed by atoms with Crippen LogP contribution >= 0.6 is 23.8 Å². The van der Waals surface area contributed by atoms with Crippen molar-refractivity contribution in [3.63, 3.8) is 0 Å². The smallest absolute Gasteiger partial charge is 0.170 e. The molecule has 0 bridgehead atoms. The summed E-state index contributed by atoms with van der Waals surface area (Å²) in [5, 5.41) is 4.95. The zero-order valence-electron chi connectivity index (χ0n) is 18.4. The molecule has 2 atom stereocenters. The lowest BCUT2D eigenvalue weighted by Gasteiger charge is -2.28. The molecule has 5 nitrogen and oxygen atoms in total. The number of aryl methyl sites for hydroxylation is 1. The zero-order chi connectivity index (χ0) is 22.9. The minimum Gasteiger partial charge on any atom is -0.352 e. The Morgan fingerprint density at radius 2 is 1.76 bits per heavy atom. The first kappa shape index (κ1) is 21.6. The van der Waals surface area contributed by atoms with Crippen LogP contribution in [-0.2, 0) is 6.54 Å². The van der Waals surface area contributed by atoms with E-state index in [1.165, 1.54) is 5.56 Å². The van der Waals surface area contributed by atoms with E-state index in [1.54, 1.807) is 0 Å². The highest BCUT2D eigenvalue weighted by Gasteiger charge is 2.41. The lowest BCUT2D eigenvalue weighted by Crippen LogP contribution is -2.29. The summed E-state index contributed by atoms with van der Waals surface area (Å²) in [5.41, 5.74) is 6.46. The normalized spacial score (nSPS) is 17.9. The third-order valence-electron chi connectivity index (χ3n) is 6.11. The van der Waals surface area contributed by atoms with Gasteiger partial charge in [-0.05, 0) is 80.2 Å². The van der Waals surface area contributed by atoms with Crippen LogP contribution in [0.4, 0.5) is 0 Å². The second kappa shape index (κ2) is 8.96. The number of nitrogens with zero attached hydrogens (tertiary/aromatic N) is 4. The molecule has 5 rings (SSSR count). The van der Waals surface area contributed by atoms with E-state index < -0.39 is 0 Å². The number of halogens is 1. The molecule has 0 spiro atoms. The molecule has 1 aliphatic rings. The Bertz CT molecular complexity index is 1290. The summed E-state index contributed by atoms with van der Waals surface area (Å²) in [4.78, 5) is 11.4. The number of nitrogens with one attached hydrogen (secondary N) is 1. The lowest BCUT2D eigenvalue weighted by molar-refractivity contribution is 0.307. The topological polar surface area (TPSA) is 46.0 Å². The quantitative estimate of drug-likeness (QED) is 0.376. The highest BCUT2D eigenvalue weighted by molar-refractivity contribution is 7.80. The van der Waals surface area contributed by atoms with Gasteiger partial charge in [-0.15, -0.1) is 0 Å².